The number of fused-ring (bicyclic) bond motifs is 2. The zero-order chi connectivity index (χ0) is 34.2. The summed E-state index contributed by atoms with van der Waals surface area (Å²) in [6.07, 6.45) is 2.44. The Morgan fingerprint density at radius 3 is 2.37 bits per heavy atom. The van der Waals surface area contributed by atoms with Crippen molar-refractivity contribution in [3.05, 3.63) is 76.7 Å². The largest absolute Gasteiger partial charge is 0.480 e. The highest BCUT2D eigenvalue weighted by atomic mass is 19.3. The van der Waals surface area contributed by atoms with Crippen molar-refractivity contribution in [2.75, 3.05) is 26.3 Å². The molecule has 2 aliphatic rings. The van der Waals surface area contributed by atoms with Crippen LogP contribution in [0.2, 0.25) is 0 Å². The van der Waals surface area contributed by atoms with Crippen molar-refractivity contribution < 1.29 is 36.6 Å². The van der Waals surface area contributed by atoms with E-state index in [9.17, 15) is 23.1 Å². The van der Waals surface area contributed by atoms with Gasteiger partial charge in [-0.2, -0.15) is 8.78 Å². The summed E-state index contributed by atoms with van der Waals surface area (Å²) in [7, 11) is 0. The molecule has 7 rings (SSSR count). The lowest BCUT2D eigenvalue weighted by atomic mass is 9.91. The van der Waals surface area contributed by atoms with E-state index < -0.39 is 18.6 Å². The van der Waals surface area contributed by atoms with Gasteiger partial charge in [0.05, 0.1) is 12.4 Å². The summed E-state index contributed by atoms with van der Waals surface area (Å²) in [6, 6.07) is 14.2. The maximum atomic E-state index is 13.4. The molecule has 9 nitrogen and oxygen atoms in total. The number of benzene rings is 3. The molecule has 3 aromatic carbocycles. The summed E-state index contributed by atoms with van der Waals surface area (Å²) in [4.78, 5) is 25.3. The average molecular weight is 675 g/mol. The smallest absolute Gasteiger partial charge is 0.387 e. The van der Waals surface area contributed by atoms with Crippen LogP contribution in [-0.2, 0) is 24.3 Å². The number of rotatable bonds is 11. The first kappa shape index (κ1) is 32.8. The van der Waals surface area contributed by atoms with E-state index in [1.54, 1.807) is 11.0 Å². The lowest BCUT2D eigenvalue weighted by molar-refractivity contribution is -0.142. The number of hydrogen-bond donors (Lipinski definition) is 1. The van der Waals surface area contributed by atoms with Crippen molar-refractivity contribution in [2.45, 2.75) is 65.3 Å². The maximum absolute atomic E-state index is 13.4. The molecular weight excluding hydrogens is 637 g/mol. The fraction of sp³-hybridized carbons (Fsp3) is 0.378. The summed E-state index contributed by atoms with van der Waals surface area (Å²) in [6.45, 7) is 3.45. The molecule has 1 N–H and O–H groups in total. The van der Waals surface area contributed by atoms with Gasteiger partial charge < -0.3 is 18.7 Å². The number of aromatic nitrogens is 2. The van der Waals surface area contributed by atoms with Crippen molar-refractivity contribution in [3.8, 4) is 39.8 Å². The normalized spacial score (nSPS) is 16.9. The SMILES string of the molecule is Cc1c(-c2nc3c(o2)CCN(CCCF)C3)cccc1-c1cccc(-c2nc3cc(CN4CCC[C@H]4C(=O)O)c(OC(F)F)cc3o2)c1C. The lowest BCUT2D eigenvalue weighted by Gasteiger charge is -2.24. The minimum absolute atomic E-state index is 0.0696. The summed E-state index contributed by atoms with van der Waals surface area (Å²) in [5.41, 5.74) is 7.53. The summed E-state index contributed by atoms with van der Waals surface area (Å²) in [5, 5.41) is 9.63. The van der Waals surface area contributed by atoms with E-state index in [-0.39, 0.29) is 24.6 Å². The standard InChI is InChI=1S/C37H37F3N4O5/c1-21-24(25-8-4-10-27(22(25)2)35-42-29-20-43(14-6-13-38)16-12-31(29)47-35)7-3-9-26(21)34-41-28-17-23(19-44-15-5-11-30(44)36(45)46)32(49-37(39)40)18-33(28)48-34/h3-4,7-10,17-18,30,37H,5-6,11-16,19-20H2,1-2H3,(H,45,46)/t30-/m0/s1. The van der Waals surface area contributed by atoms with Crippen molar-refractivity contribution in [1.82, 2.24) is 19.8 Å². The number of carbonyl (C=O) groups is 1. The Bertz CT molecular complexity index is 2010. The number of alkyl halides is 3. The first-order valence-corrected chi connectivity index (χ1v) is 16.5. The molecule has 0 bridgehead atoms. The molecular formula is C37H37F3N4O5. The molecule has 0 aliphatic carbocycles. The summed E-state index contributed by atoms with van der Waals surface area (Å²) < 4.78 is 56.9. The van der Waals surface area contributed by atoms with Crippen LogP contribution >= 0.6 is 0 Å². The number of carboxylic acid groups (broad SMARTS) is 1. The van der Waals surface area contributed by atoms with Gasteiger partial charge in [-0.05, 0) is 80.1 Å². The third-order valence-electron chi connectivity index (χ3n) is 9.64. The fourth-order valence-corrected chi connectivity index (χ4v) is 7.12. The van der Waals surface area contributed by atoms with E-state index in [2.05, 4.69) is 4.90 Å². The fourth-order valence-electron chi connectivity index (χ4n) is 7.12. The van der Waals surface area contributed by atoms with Crippen LogP contribution in [0.4, 0.5) is 13.2 Å². The molecule has 0 spiro atoms. The highest BCUT2D eigenvalue weighted by molar-refractivity contribution is 5.84. The minimum Gasteiger partial charge on any atom is -0.480 e. The number of aliphatic carboxylic acids is 1. The van der Waals surface area contributed by atoms with Gasteiger partial charge in [-0.3, -0.25) is 19.0 Å². The second-order valence-electron chi connectivity index (χ2n) is 12.7. The van der Waals surface area contributed by atoms with Gasteiger partial charge in [0.2, 0.25) is 11.8 Å². The number of likely N-dealkylation sites (tertiary alicyclic amines) is 1. The van der Waals surface area contributed by atoms with Crippen LogP contribution in [0.5, 0.6) is 5.75 Å². The molecule has 0 saturated carbocycles. The number of oxazole rings is 2. The van der Waals surface area contributed by atoms with Crippen molar-refractivity contribution in [1.29, 1.82) is 0 Å². The van der Waals surface area contributed by atoms with Crippen LogP contribution in [-0.4, -0.2) is 69.8 Å². The molecule has 1 saturated heterocycles. The van der Waals surface area contributed by atoms with Gasteiger partial charge in [0.15, 0.2) is 5.58 Å². The van der Waals surface area contributed by atoms with Crippen LogP contribution in [0.25, 0.3) is 45.1 Å². The predicted molar refractivity (Wildman–Crippen MR) is 177 cm³/mol. The third kappa shape index (κ3) is 6.54. The summed E-state index contributed by atoms with van der Waals surface area (Å²) >= 11 is 0. The van der Waals surface area contributed by atoms with Crippen LogP contribution in [0.1, 0.15) is 47.4 Å². The van der Waals surface area contributed by atoms with Crippen molar-refractivity contribution in [2.24, 2.45) is 0 Å². The molecule has 2 aromatic heterocycles. The van der Waals surface area contributed by atoms with Gasteiger partial charge >= 0.3 is 12.6 Å². The molecule has 1 fully saturated rings. The number of hydrogen-bond acceptors (Lipinski definition) is 8. The van der Waals surface area contributed by atoms with Crippen LogP contribution < -0.4 is 4.74 Å². The van der Waals surface area contributed by atoms with Gasteiger partial charge in [0.25, 0.3) is 0 Å². The predicted octanol–water partition coefficient (Wildman–Crippen LogP) is 7.80. The lowest BCUT2D eigenvalue weighted by Crippen LogP contribution is -2.35. The molecule has 1 atom stereocenters. The highest BCUT2D eigenvalue weighted by Gasteiger charge is 2.32. The van der Waals surface area contributed by atoms with Crippen LogP contribution in [0, 0.1) is 13.8 Å². The second-order valence-corrected chi connectivity index (χ2v) is 12.7. The highest BCUT2D eigenvalue weighted by Crippen LogP contribution is 2.39. The first-order chi connectivity index (χ1) is 23.7. The Balaban J connectivity index is 1.21. The molecule has 5 aromatic rings. The van der Waals surface area contributed by atoms with Gasteiger partial charge in [-0.15, -0.1) is 0 Å². The number of carboxylic acids is 1. The first-order valence-electron chi connectivity index (χ1n) is 16.5. The summed E-state index contributed by atoms with van der Waals surface area (Å²) in [5.74, 6) is 0.751. The Morgan fingerprint density at radius 2 is 1.69 bits per heavy atom. The minimum atomic E-state index is -3.06. The molecule has 256 valence electrons. The quantitative estimate of drug-likeness (QED) is 0.150. The van der Waals surface area contributed by atoms with E-state index in [1.807, 2.05) is 50.2 Å². The number of halogens is 3. The zero-order valence-corrected chi connectivity index (χ0v) is 27.3. The van der Waals surface area contributed by atoms with Gasteiger partial charge in [-0.1, -0.05) is 24.3 Å². The van der Waals surface area contributed by atoms with E-state index in [1.165, 1.54) is 6.07 Å². The monoisotopic (exact) mass is 674 g/mol. The molecule has 0 radical (unpaired) electrons. The molecule has 0 unspecified atom stereocenters. The Labute approximate surface area is 281 Å². The van der Waals surface area contributed by atoms with Crippen molar-refractivity contribution in [3.63, 3.8) is 0 Å². The van der Waals surface area contributed by atoms with Gasteiger partial charge in [0, 0.05) is 55.4 Å². The van der Waals surface area contributed by atoms with Crippen LogP contribution in [0.15, 0.2) is 57.4 Å². The van der Waals surface area contributed by atoms with Gasteiger partial charge in [0.1, 0.15) is 23.1 Å². The maximum Gasteiger partial charge on any atom is 0.387 e. The molecule has 4 heterocycles. The molecule has 0 amide bonds. The van der Waals surface area contributed by atoms with E-state index in [0.29, 0.717) is 61.8 Å². The Hall–Kier alpha value is -4.68. The Kier molecular flexibility index (Phi) is 9.17. The third-order valence-corrected chi connectivity index (χ3v) is 9.64. The zero-order valence-electron chi connectivity index (χ0n) is 27.3. The molecule has 49 heavy (non-hydrogen) atoms. The topological polar surface area (TPSA) is 105 Å². The average Bonchev–Trinajstić information content (AvgIpc) is 3.82. The van der Waals surface area contributed by atoms with E-state index in [0.717, 1.165) is 57.8 Å². The van der Waals surface area contributed by atoms with E-state index in [4.69, 9.17) is 23.5 Å². The van der Waals surface area contributed by atoms with Crippen molar-refractivity contribution >= 4 is 17.1 Å². The Morgan fingerprint density at radius 1 is 1.00 bits per heavy atom. The van der Waals surface area contributed by atoms with E-state index >= 15 is 0 Å². The number of nitrogens with zero attached hydrogens (tertiary/aromatic N) is 4. The molecule has 2 aliphatic heterocycles. The van der Waals surface area contributed by atoms with Gasteiger partial charge in [-0.25, -0.2) is 9.97 Å². The second kappa shape index (κ2) is 13.7. The number of ether oxygens (including phenoxy) is 1. The molecule has 12 heteroatoms. The van der Waals surface area contributed by atoms with Crippen LogP contribution in [0.3, 0.4) is 0 Å².